The summed E-state index contributed by atoms with van der Waals surface area (Å²) in [6.45, 7) is 4.33. The second kappa shape index (κ2) is 13.4. The van der Waals surface area contributed by atoms with E-state index in [2.05, 4.69) is 25.3 Å². The van der Waals surface area contributed by atoms with Crippen molar-refractivity contribution in [1.29, 1.82) is 0 Å². The van der Waals surface area contributed by atoms with E-state index < -0.39 is 6.10 Å². The highest BCUT2D eigenvalue weighted by Gasteiger charge is 2.28. The molecule has 1 atom stereocenters. The summed E-state index contributed by atoms with van der Waals surface area (Å²) in [5, 5.41) is 6.46. The molecule has 11 heteroatoms. The highest BCUT2D eigenvalue weighted by atomic mass is 35.5. The number of benzene rings is 1. The number of aromatic nitrogens is 1. The van der Waals surface area contributed by atoms with E-state index in [0.29, 0.717) is 23.4 Å². The van der Waals surface area contributed by atoms with Crippen molar-refractivity contribution in [3.05, 3.63) is 57.7 Å². The van der Waals surface area contributed by atoms with Gasteiger partial charge >= 0.3 is 5.97 Å². The van der Waals surface area contributed by atoms with Crippen LogP contribution in [0.3, 0.4) is 0 Å². The fourth-order valence-corrected chi connectivity index (χ4v) is 4.16. The monoisotopic (exact) mass is 536 g/mol. The molecule has 2 amide bonds. The van der Waals surface area contributed by atoms with Gasteiger partial charge in [-0.05, 0) is 43.1 Å². The molecule has 1 aromatic carbocycles. The lowest BCUT2D eigenvalue weighted by Gasteiger charge is -2.39. The van der Waals surface area contributed by atoms with Crippen LogP contribution in [0.2, 0.25) is 10.0 Å². The van der Waals surface area contributed by atoms with Crippen molar-refractivity contribution in [1.82, 2.24) is 20.5 Å². The molecule has 1 aliphatic heterocycles. The summed E-state index contributed by atoms with van der Waals surface area (Å²) >= 11 is 11.9. The van der Waals surface area contributed by atoms with Crippen molar-refractivity contribution in [3.63, 3.8) is 0 Å². The predicted octanol–water partition coefficient (Wildman–Crippen LogP) is 3.23. The standard InChI is InChI=1S/C25H30Cl2N4O5/c1-3-21(36-25-20(27)11-18(26)13-29-25)24(34)28-12-16-6-4-7-17(10-16)23(33)30-19-14-31(15-19)9-5-8-22(32)35-2/h4,6-7,10-11,13,19,21H,3,5,8-9,12,14-15H2,1-2H3,(H,28,34)(H,30,33). The Morgan fingerprint density at radius 1 is 1.22 bits per heavy atom. The number of carbonyl (C=O) groups is 3. The van der Waals surface area contributed by atoms with E-state index in [-0.39, 0.29) is 41.3 Å². The first-order chi connectivity index (χ1) is 17.3. The van der Waals surface area contributed by atoms with Gasteiger partial charge in [0.1, 0.15) is 5.02 Å². The number of methoxy groups -OCH3 is 1. The van der Waals surface area contributed by atoms with Gasteiger partial charge in [-0.15, -0.1) is 0 Å². The first kappa shape index (κ1) is 27.7. The SMILES string of the molecule is CCC(Oc1ncc(Cl)cc1Cl)C(=O)NCc1cccc(C(=O)NC2CN(CCCC(=O)OC)C2)c1. The van der Waals surface area contributed by atoms with E-state index >= 15 is 0 Å². The average Bonchev–Trinajstić information content (AvgIpc) is 2.85. The van der Waals surface area contributed by atoms with E-state index in [0.717, 1.165) is 31.6 Å². The van der Waals surface area contributed by atoms with Gasteiger partial charge in [0.2, 0.25) is 5.88 Å². The summed E-state index contributed by atoms with van der Waals surface area (Å²) < 4.78 is 10.3. The van der Waals surface area contributed by atoms with Crippen LogP contribution < -0.4 is 15.4 Å². The van der Waals surface area contributed by atoms with Gasteiger partial charge in [-0.1, -0.05) is 42.3 Å². The fraction of sp³-hybridized carbons (Fsp3) is 0.440. The average molecular weight is 537 g/mol. The Balaban J connectivity index is 1.45. The molecule has 1 saturated heterocycles. The zero-order valence-electron chi connectivity index (χ0n) is 20.3. The lowest BCUT2D eigenvalue weighted by Crippen LogP contribution is -2.59. The van der Waals surface area contributed by atoms with Crippen molar-refractivity contribution in [3.8, 4) is 5.88 Å². The van der Waals surface area contributed by atoms with Crippen molar-refractivity contribution < 1.29 is 23.9 Å². The quantitative estimate of drug-likeness (QED) is 0.400. The van der Waals surface area contributed by atoms with Crippen LogP contribution in [-0.2, 0) is 20.9 Å². The summed E-state index contributed by atoms with van der Waals surface area (Å²) in [7, 11) is 1.38. The largest absolute Gasteiger partial charge is 0.469 e. The molecule has 36 heavy (non-hydrogen) atoms. The molecule has 194 valence electrons. The molecule has 0 saturated carbocycles. The molecule has 0 bridgehead atoms. The maximum atomic E-state index is 12.7. The van der Waals surface area contributed by atoms with Crippen molar-refractivity contribution in [2.24, 2.45) is 0 Å². The number of rotatable bonds is 12. The van der Waals surface area contributed by atoms with Crippen molar-refractivity contribution in [2.75, 3.05) is 26.7 Å². The van der Waals surface area contributed by atoms with Crippen molar-refractivity contribution >= 4 is 41.0 Å². The Morgan fingerprint density at radius 3 is 2.69 bits per heavy atom. The number of hydrogen-bond acceptors (Lipinski definition) is 7. The molecule has 0 spiro atoms. The van der Waals surface area contributed by atoms with Crippen LogP contribution in [0.4, 0.5) is 0 Å². The lowest BCUT2D eigenvalue weighted by atomic mass is 10.1. The van der Waals surface area contributed by atoms with E-state index in [1.165, 1.54) is 19.4 Å². The Labute approximate surface area is 220 Å². The number of pyridine rings is 1. The summed E-state index contributed by atoms with van der Waals surface area (Å²) in [4.78, 5) is 42.7. The second-order valence-corrected chi connectivity index (χ2v) is 9.33. The zero-order valence-corrected chi connectivity index (χ0v) is 21.8. The molecule has 1 unspecified atom stereocenters. The number of halogens is 2. The third-order valence-corrected chi connectivity index (χ3v) is 6.20. The van der Waals surface area contributed by atoms with Gasteiger partial charge in [0, 0.05) is 37.8 Å². The van der Waals surface area contributed by atoms with E-state index in [9.17, 15) is 14.4 Å². The second-order valence-electron chi connectivity index (χ2n) is 8.48. The normalized spacial score (nSPS) is 14.4. The van der Waals surface area contributed by atoms with Gasteiger partial charge in [-0.2, -0.15) is 0 Å². The predicted molar refractivity (Wildman–Crippen MR) is 136 cm³/mol. The Morgan fingerprint density at radius 2 is 2.00 bits per heavy atom. The number of ether oxygens (including phenoxy) is 2. The lowest BCUT2D eigenvalue weighted by molar-refractivity contribution is -0.140. The number of hydrogen-bond donors (Lipinski definition) is 2. The number of nitrogens with zero attached hydrogens (tertiary/aromatic N) is 2. The van der Waals surface area contributed by atoms with Gasteiger partial charge < -0.3 is 20.1 Å². The van der Waals surface area contributed by atoms with Crippen LogP contribution in [0.5, 0.6) is 5.88 Å². The van der Waals surface area contributed by atoms with Crippen LogP contribution in [0.25, 0.3) is 0 Å². The van der Waals surface area contributed by atoms with Gasteiger partial charge in [-0.3, -0.25) is 19.3 Å². The Hall–Kier alpha value is -2.88. The maximum Gasteiger partial charge on any atom is 0.305 e. The number of carbonyl (C=O) groups excluding carboxylic acids is 3. The smallest absolute Gasteiger partial charge is 0.305 e. The van der Waals surface area contributed by atoms with Gasteiger partial charge in [0.15, 0.2) is 6.10 Å². The zero-order chi connectivity index (χ0) is 26.1. The first-order valence-corrected chi connectivity index (χ1v) is 12.5. The molecule has 0 aliphatic carbocycles. The van der Waals surface area contributed by atoms with Crippen LogP contribution in [0.15, 0.2) is 36.5 Å². The molecule has 2 N–H and O–H groups in total. The molecule has 9 nitrogen and oxygen atoms in total. The van der Waals surface area contributed by atoms with E-state index in [4.69, 9.17) is 27.9 Å². The number of likely N-dealkylation sites (tertiary alicyclic amines) is 1. The summed E-state index contributed by atoms with van der Waals surface area (Å²) in [6, 6.07) is 8.67. The molecule has 1 fully saturated rings. The molecular formula is C25H30Cl2N4O5. The van der Waals surface area contributed by atoms with Gasteiger partial charge in [0.05, 0.1) is 18.2 Å². The van der Waals surface area contributed by atoms with Crippen LogP contribution in [0, 0.1) is 0 Å². The number of nitrogens with one attached hydrogen (secondary N) is 2. The molecular weight excluding hydrogens is 507 g/mol. The third kappa shape index (κ3) is 8.08. The van der Waals surface area contributed by atoms with Crippen LogP contribution >= 0.6 is 23.2 Å². The molecule has 1 aliphatic rings. The molecule has 2 aromatic rings. The summed E-state index contributed by atoms with van der Waals surface area (Å²) in [6.07, 6.45) is 2.15. The topological polar surface area (TPSA) is 110 Å². The minimum absolute atomic E-state index is 0.0646. The minimum atomic E-state index is -0.781. The van der Waals surface area contributed by atoms with Gasteiger partial charge in [-0.25, -0.2) is 4.98 Å². The van der Waals surface area contributed by atoms with Crippen LogP contribution in [0.1, 0.15) is 42.1 Å². The summed E-state index contributed by atoms with van der Waals surface area (Å²) in [5.74, 6) is -0.556. The Kier molecular flexibility index (Phi) is 10.3. The minimum Gasteiger partial charge on any atom is -0.469 e. The summed E-state index contributed by atoms with van der Waals surface area (Å²) in [5.41, 5.74) is 1.30. The number of esters is 1. The van der Waals surface area contributed by atoms with Crippen LogP contribution in [-0.4, -0.2) is 66.6 Å². The van der Waals surface area contributed by atoms with Crippen molar-refractivity contribution in [2.45, 2.75) is 44.9 Å². The first-order valence-electron chi connectivity index (χ1n) is 11.7. The van der Waals surface area contributed by atoms with Gasteiger partial charge in [0.25, 0.3) is 11.8 Å². The molecule has 0 radical (unpaired) electrons. The third-order valence-electron chi connectivity index (χ3n) is 5.72. The Bertz CT molecular complexity index is 1080. The number of amides is 2. The fourth-order valence-electron chi connectivity index (χ4n) is 3.73. The molecule has 2 heterocycles. The molecule has 3 rings (SSSR count). The molecule has 1 aromatic heterocycles. The highest BCUT2D eigenvalue weighted by Crippen LogP contribution is 2.26. The van der Waals surface area contributed by atoms with E-state index in [1.807, 2.05) is 13.0 Å². The highest BCUT2D eigenvalue weighted by molar-refractivity contribution is 6.35. The van der Waals surface area contributed by atoms with E-state index in [1.54, 1.807) is 18.2 Å². The maximum absolute atomic E-state index is 12.7.